The van der Waals surface area contributed by atoms with E-state index in [9.17, 15) is 0 Å². The molecule has 0 heterocycles. The fourth-order valence-corrected chi connectivity index (χ4v) is 5.84. The highest BCUT2D eigenvalue weighted by molar-refractivity contribution is 14.1. The molecule has 0 N–H and O–H groups in total. The molecule has 154 valence electrons. The van der Waals surface area contributed by atoms with E-state index < -0.39 is 8.32 Å². The first kappa shape index (κ1) is 24.6. The first-order valence-corrected chi connectivity index (χ1v) is 14.5. The molecule has 0 unspecified atom stereocenters. The predicted octanol–water partition coefficient (Wildman–Crippen LogP) is 6.57. The molecule has 1 fully saturated rings. The van der Waals surface area contributed by atoms with E-state index in [1.165, 1.54) is 17.3 Å². The lowest BCUT2D eigenvalue weighted by atomic mass is 9.97. The second-order valence-corrected chi connectivity index (χ2v) is 14.9. The molecule has 1 saturated carbocycles. The third kappa shape index (κ3) is 8.29. The van der Waals surface area contributed by atoms with Gasteiger partial charge >= 0.3 is 0 Å². The summed E-state index contributed by atoms with van der Waals surface area (Å²) in [7, 11) is 0.0589. The zero-order chi connectivity index (χ0) is 19.8. The van der Waals surface area contributed by atoms with Crippen molar-refractivity contribution in [3.05, 3.63) is 12.2 Å². The van der Waals surface area contributed by atoms with Gasteiger partial charge in [0.1, 0.15) is 6.79 Å². The molecule has 4 atom stereocenters. The average molecular weight is 497 g/mol. The van der Waals surface area contributed by atoms with Crippen LogP contribution in [0.3, 0.4) is 0 Å². The summed E-state index contributed by atoms with van der Waals surface area (Å²) < 4.78 is 18.5. The Hall–Kier alpha value is 0.567. The van der Waals surface area contributed by atoms with Gasteiger partial charge in [0.15, 0.2) is 8.32 Å². The number of hydrogen-bond donors (Lipinski definition) is 0. The molecule has 26 heavy (non-hydrogen) atoms. The minimum absolute atomic E-state index is 0.291. The molecule has 0 aromatic rings. The third-order valence-electron chi connectivity index (χ3n) is 5.99. The molecular weight excluding hydrogens is 455 g/mol. The highest BCUT2D eigenvalue weighted by Gasteiger charge is 2.38. The maximum absolute atomic E-state index is 6.45. The zero-order valence-electron chi connectivity index (χ0n) is 18.0. The molecule has 1 rings (SSSR count). The van der Waals surface area contributed by atoms with Crippen LogP contribution in [0.25, 0.3) is 0 Å². The topological polar surface area (TPSA) is 27.7 Å². The quantitative estimate of drug-likeness (QED) is 0.0808. The number of rotatable bonds is 11. The van der Waals surface area contributed by atoms with Gasteiger partial charge in [0, 0.05) is 17.6 Å². The van der Waals surface area contributed by atoms with Gasteiger partial charge < -0.3 is 13.9 Å². The highest BCUT2D eigenvalue weighted by atomic mass is 127. The van der Waals surface area contributed by atoms with Gasteiger partial charge in [-0.1, -0.05) is 55.5 Å². The summed E-state index contributed by atoms with van der Waals surface area (Å²) in [5.41, 5.74) is 0. The Kier molecular flexibility index (Phi) is 10.9. The molecule has 0 saturated heterocycles. The van der Waals surface area contributed by atoms with Crippen LogP contribution in [-0.4, -0.2) is 38.9 Å². The second-order valence-electron chi connectivity index (χ2n) is 9.29. The summed E-state index contributed by atoms with van der Waals surface area (Å²) in [4.78, 5) is 0. The first-order valence-electron chi connectivity index (χ1n) is 10.1. The van der Waals surface area contributed by atoms with Gasteiger partial charge in [-0.15, -0.1) is 0 Å². The van der Waals surface area contributed by atoms with E-state index in [-0.39, 0.29) is 0 Å². The van der Waals surface area contributed by atoms with Crippen LogP contribution in [-0.2, 0) is 13.9 Å². The van der Waals surface area contributed by atoms with Crippen LogP contribution in [0.5, 0.6) is 0 Å². The molecular formula is C21H41IO3Si. The summed E-state index contributed by atoms with van der Waals surface area (Å²) >= 11 is 2.51. The molecule has 0 aliphatic heterocycles. The van der Waals surface area contributed by atoms with Crippen molar-refractivity contribution >= 4 is 30.9 Å². The van der Waals surface area contributed by atoms with Gasteiger partial charge in [-0.25, -0.2) is 0 Å². The van der Waals surface area contributed by atoms with Crippen molar-refractivity contribution < 1.29 is 13.9 Å². The molecule has 0 amide bonds. The van der Waals surface area contributed by atoms with Gasteiger partial charge in [-0.05, 0) is 69.0 Å². The number of hydrogen-bond acceptors (Lipinski definition) is 3. The Morgan fingerprint density at radius 3 is 2.50 bits per heavy atom. The summed E-state index contributed by atoms with van der Waals surface area (Å²) in [6, 6.07) is 0. The minimum Gasteiger partial charge on any atom is -0.414 e. The van der Waals surface area contributed by atoms with Crippen molar-refractivity contribution in [2.24, 2.45) is 11.8 Å². The molecule has 1 aliphatic rings. The molecule has 0 radical (unpaired) electrons. The number of alkyl halides is 1. The molecule has 1 aliphatic carbocycles. The fraction of sp³-hybridized carbons (Fsp3) is 0.905. The predicted molar refractivity (Wildman–Crippen MR) is 123 cm³/mol. The normalized spacial score (nSPS) is 25.9. The SMILES string of the molecule is COCO[C@@H]1C[C@@H](CI)[C@H](/C=C\CCC[C@@H](C)O[Si](C)(C)C(C)(C)C)C1. The van der Waals surface area contributed by atoms with Crippen LogP contribution >= 0.6 is 22.6 Å². The lowest BCUT2D eigenvalue weighted by molar-refractivity contribution is -0.0700. The maximum atomic E-state index is 6.45. The van der Waals surface area contributed by atoms with Crippen LogP contribution in [0.4, 0.5) is 0 Å². The van der Waals surface area contributed by atoms with Gasteiger partial charge in [0.25, 0.3) is 0 Å². The van der Waals surface area contributed by atoms with Crippen molar-refractivity contribution in [3.63, 3.8) is 0 Å². The van der Waals surface area contributed by atoms with E-state index in [2.05, 4.69) is 75.5 Å². The average Bonchev–Trinajstić information content (AvgIpc) is 2.93. The highest BCUT2D eigenvalue weighted by Crippen LogP contribution is 2.38. The van der Waals surface area contributed by atoms with E-state index in [0.29, 0.717) is 30.0 Å². The molecule has 0 spiro atoms. The van der Waals surface area contributed by atoms with E-state index in [0.717, 1.165) is 25.2 Å². The Morgan fingerprint density at radius 1 is 1.23 bits per heavy atom. The standard InChI is InChI=1S/C21H41IO3Si/c1-17(25-26(6,7)21(2,3)4)11-9-8-10-12-18-13-20(24-16-23-5)14-19(18)15-22/h10,12,17-20H,8-9,11,13-16H2,1-7H3/b12-10-/t17-,18-,19+,20+/m1/s1. The Morgan fingerprint density at radius 2 is 1.92 bits per heavy atom. The van der Waals surface area contributed by atoms with Crippen molar-refractivity contribution in [1.29, 1.82) is 0 Å². The van der Waals surface area contributed by atoms with Gasteiger partial charge in [0.2, 0.25) is 0 Å². The molecule has 0 aromatic carbocycles. The molecule has 0 bridgehead atoms. The van der Waals surface area contributed by atoms with E-state index in [1.54, 1.807) is 7.11 Å². The van der Waals surface area contributed by atoms with Crippen LogP contribution in [0, 0.1) is 11.8 Å². The van der Waals surface area contributed by atoms with Crippen molar-refractivity contribution in [2.75, 3.05) is 18.3 Å². The van der Waals surface area contributed by atoms with E-state index in [1.807, 2.05) is 0 Å². The Balaban J connectivity index is 2.31. The fourth-order valence-electron chi connectivity index (χ4n) is 3.35. The summed E-state index contributed by atoms with van der Waals surface area (Å²) in [5, 5.41) is 0.291. The second kappa shape index (κ2) is 11.5. The van der Waals surface area contributed by atoms with Crippen molar-refractivity contribution in [3.8, 4) is 0 Å². The van der Waals surface area contributed by atoms with Gasteiger partial charge in [-0.2, -0.15) is 0 Å². The number of methoxy groups -OCH3 is 1. The van der Waals surface area contributed by atoms with Crippen LogP contribution in [0.2, 0.25) is 18.1 Å². The lowest BCUT2D eigenvalue weighted by Gasteiger charge is -2.38. The maximum Gasteiger partial charge on any atom is 0.192 e. The third-order valence-corrected chi connectivity index (χ3v) is 11.7. The summed E-state index contributed by atoms with van der Waals surface area (Å²) in [6.45, 7) is 14.3. The molecule has 0 aromatic heterocycles. The van der Waals surface area contributed by atoms with Crippen LogP contribution in [0.15, 0.2) is 12.2 Å². The largest absolute Gasteiger partial charge is 0.414 e. The number of ether oxygens (including phenoxy) is 2. The first-order chi connectivity index (χ1) is 12.1. The van der Waals surface area contributed by atoms with Crippen LogP contribution < -0.4 is 0 Å². The zero-order valence-corrected chi connectivity index (χ0v) is 21.2. The summed E-state index contributed by atoms with van der Waals surface area (Å²) in [6.07, 6.45) is 11.4. The van der Waals surface area contributed by atoms with Crippen molar-refractivity contribution in [2.45, 2.75) is 90.1 Å². The van der Waals surface area contributed by atoms with E-state index in [4.69, 9.17) is 13.9 Å². The van der Waals surface area contributed by atoms with Gasteiger partial charge in [-0.3, -0.25) is 0 Å². The lowest BCUT2D eigenvalue weighted by Crippen LogP contribution is -2.43. The van der Waals surface area contributed by atoms with Gasteiger partial charge in [0.05, 0.1) is 6.10 Å². The molecule has 3 nitrogen and oxygen atoms in total. The minimum atomic E-state index is -1.63. The van der Waals surface area contributed by atoms with E-state index >= 15 is 0 Å². The van der Waals surface area contributed by atoms with Crippen molar-refractivity contribution in [1.82, 2.24) is 0 Å². The number of allylic oxidation sites excluding steroid dienone is 2. The van der Waals surface area contributed by atoms with Crippen LogP contribution in [0.1, 0.15) is 59.8 Å². The number of halogens is 1. The Labute approximate surface area is 176 Å². The Bertz CT molecular complexity index is 420. The number of unbranched alkanes of at least 4 members (excludes halogenated alkanes) is 1. The smallest absolute Gasteiger partial charge is 0.192 e. The summed E-state index contributed by atoms with van der Waals surface area (Å²) in [5.74, 6) is 1.41. The molecule has 5 heteroatoms. The monoisotopic (exact) mass is 496 g/mol.